The Balaban J connectivity index is 3.62. The molecule has 0 heteroatoms. The van der Waals surface area contributed by atoms with Crippen LogP contribution in [0.25, 0.3) is 0 Å². The molecule has 0 N–H and O–H groups in total. The summed E-state index contributed by atoms with van der Waals surface area (Å²) in [7, 11) is 0. The van der Waals surface area contributed by atoms with Gasteiger partial charge in [0.2, 0.25) is 0 Å². The maximum atomic E-state index is 2.47. The molecule has 0 aromatic heterocycles. The van der Waals surface area contributed by atoms with Crippen LogP contribution in [0.4, 0.5) is 0 Å². The molecule has 0 aliphatic heterocycles. The van der Waals surface area contributed by atoms with Gasteiger partial charge in [-0.1, -0.05) is 85.5 Å². The lowest BCUT2D eigenvalue weighted by atomic mass is 9.84. The van der Waals surface area contributed by atoms with Gasteiger partial charge in [0.15, 0.2) is 0 Å². The van der Waals surface area contributed by atoms with E-state index in [0.717, 1.165) is 11.8 Å². The fourth-order valence-electron chi connectivity index (χ4n) is 2.50. The van der Waals surface area contributed by atoms with Gasteiger partial charge in [0.25, 0.3) is 0 Å². The zero-order valence-electron chi connectivity index (χ0n) is 11.5. The van der Waals surface area contributed by atoms with Crippen LogP contribution < -0.4 is 0 Å². The van der Waals surface area contributed by atoms with E-state index in [1.54, 1.807) is 0 Å². The monoisotopic (exact) mass is 212 g/mol. The van der Waals surface area contributed by atoms with Crippen LogP contribution in [0, 0.1) is 11.8 Å². The maximum absolute atomic E-state index is 2.47. The lowest BCUT2D eigenvalue weighted by Gasteiger charge is -2.22. The van der Waals surface area contributed by atoms with Gasteiger partial charge >= 0.3 is 0 Å². The van der Waals surface area contributed by atoms with Crippen LogP contribution in [-0.2, 0) is 0 Å². The summed E-state index contributed by atoms with van der Waals surface area (Å²) >= 11 is 0. The van der Waals surface area contributed by atoms with Crippen LogP contribution >= 0.6 is 0 Å². The molecule has 0 spiro atoms. The molecule has 92 valence electrons. The highest BCUT2D eigenvalue weighted by Crippen LogP contribution is 2.26. The van der Waals surface area contributed by atoms with E-state index in [1.165, 1.54) is 57.8 Å². The third kappa shape index (κ3) is 7.88. The van der Waals surface area contributed by atoms with Gasteiger partial charge in [0.1, 0.15) is 0 Å². The van der Waals surface area contributed by atoms with Crippen LogP contribution in [0.3, 0.4) is 0 Å². The lowest BCUT2D eigenvalue weighted by molar-refractivity contribution is 0.293. The Labute approximate surface area is 97.8 Å². The third-order valence-electron chi connectivity index (χ3n) is 3.77. The zero-order chi connectivity index (χ0) is 11.5. The van der Waals surface area contributed by atoms with E-state index in [2.05, 4.69) is 27.7 Å². The van der Waals surface area contributed by atoms with Gasteiger partial charge in [-0.25, -0.2) is 0 Å². The largest absolute Gasteiger partial charge is 0.0654 e. The normalized spacial score (nSPS) is 15.2. The Morgan fingerprint density at radius 3 is 1.73 bits per heavy atom. The first-order valence-electron chi connectivity index (χ1n) is 7.26. The number of hydrogen-bond donors (Lipinski definition) is 0. The summed E-state index contributed by atoms with van der Waals surface area (Å²) in [5.74, 6) is 1.95. The topological polar surface area (TPSA) is 0 Å². The minimum atomic E-state index is 0.957. The second-order valence-electron chi connectivity index (χ2n) is 5.14. The highest BCUT2D eigenvalue weighted by atomic mass is 14.2. The Bertz CT molecular complexity index is 117. The Hall–Kier alpha value is 0. The molecule has 0 nitrogen and oxygen atoms in total. The van der Waals surface area contributed by atoms with Gasteiger partial charge in [-0.05, 0) is 11.8 Å². The molecule has 0 amide bonds. The Morgan fingerprint density at radius 2 is 1.27 bits per heavy atom. The molecule has 0 rings (SSSR count). The molecule has 2 atom stereocenters. The molecule has 15 heavy (non-hydrogen) atoms. The van der Waals surface area contributed by atoms with Crippen molar-refractivity contribution in [3.05, 3.63) is 0 Å². The van der Waals surface area contributed by atoms with E-state index in [1.807, 2.05) is 0 Å². The second-order valence-corrected chi connectivity index (χ2v) is 5.14. The number of unbranched alkanes of at least 4 members (excludes halogenated alkanes) is 4. The minimum Gasteiger partial charge on any atom is -0.0654 e. The van der Waals surface area contributed by atoms with Crippen LogP contribution in [0.2, 0.25) is 0 Å². The fraction of sp³-hybridized carbons (Fsp3) is 1.00. The van der Waals surface area contributed by atoms with Crippen molar-refractivity contribution in [3.63, 3.8) is 0 Å². The van der Waals surface area contributed by atoms with Gasteiger partial charge in [-0.3, -0.25) is 0 Å². The molecule has 0 aromatic rings. The van der Waals surface area contributed by atoms with Crippen molar-refractivity contribution < 1.29 is 0 Å². The summed E-state index contributed by atoms with van der Waals surface area (Å²) in [6.07, 6.45) is 12.8. The van der Waals surface area contributed by atoms with Crippen molar-refractivity contribution in [1.82, 2.24) is 0 Å². The van der Waals surface area contributed by atoms with E-state index in [0.29, 0.717) is 0 Å². The lowest BCUT2D eigenvalue weighted by Crippen LogP contribution is -2.11. The van der Waals surface area contributed by atoms with Crippen LogP contribution in [0.1, 0.15) is 85.5 Å². The fourth-order valence-corrected chi connectivity index (χ4v) is 2.50. The quantitative estimate of drug-likeness (QED) is 0.401. The highest BCUT2D eigenvalue weighted by molar-refractivity contribution is 4.65. The molecule has 0 aromatic carbocycles. The summed E-state index contributed by atoms with van der Waals surface area (Å²) in [5, 5.41) is 0. The summed E-state index contributed by atoms with van der Waals surface area (Å²) in [6, 6.07) is 0. The van der Waals surface area contributed by atoms with Gasteiger partial charge in [0.05, 0.1) is 0 Å². The zero-order valence-corrected chi connectivity index (χ0v) is 11.5. The SMILES string of the molecule is CCCCCC(C)C(CC)CCCCC. The molecule has 0 saturated carbocycles. The standard InChI is InChI=1S/C15H32/c1-5-8-10-12-14(4)15(7-3)13-11-9-6-2/h14-15H,5-13H2,1-4H3. The predicted octanol–water partition coefficient (Wildman–Crippen LogP) is 5.81. The van der Waals surface area contributed by atoms with Crippen molar-refractivity contribution in [2.24, 2.45) is 11.8 Å². The second kappa shape index (κ2) is 10.5. The van der Waals surface area contributed by atoms with Crippen molar-refractivity contribution >= 4 is 0 Å². The van der Waals surface area contributed by atoms with E-state index in [-0.39, 0.29) is 0 Å². The molecule has 0 fully saturated rings. The summed E-state index contributed by atoms with van der Waals surface area (Å²) < 4.78 is 0. The van der Waals surface area contributed by atoms with E-state index < -0.39 is 0 Å². The Kier molecular flexibility index (Phi) is 10.5. The molecule has 0 heterocycles. The van der Waals surface area contributed by atoms with E-state index in [4.69, 9.17) is 0 Å². The first-order valence-corrected chi connectivity index (χ1v) is 7.26. The minimum absolute atomic E-state index is 0.957. The molecule has 2 unspecified atom stereocenters. The molecular formula is C15H32. The van der Waals surface area contributed by atoms with Crippen molar-refractivity contribution in [1.29, 1.82) is 0 Å². The summed E-state index contributed by atoms with van der Waals surface area (Å²) in [5.41, 5.74) is 0. The van der Waals surface area contributed by atoms with Crippen molar-refractivity contribution in [2.45, 2.75) is 85.5 Å². The first-order chi connectivity index (χ1) is 7.26. The van der Waals surface area contributed by atoms with E-state index >= 15 is 0 Å². The average Bonchev–Trinajstić information content (AvgIpc) is 2.24. The average molecular weight is 212 g/mol. The summed E-state index contributed by atoms with van der Waals surface area (Å²) in [4.78, 5) is 0. The molecular weight excluding hydrogens is 180 g/mol. The third-order valence-corrected chi connectivity index (χ3v) is 3.77. The number of hydrogen-bond acceptors (Lipinski definition) is 0. The number of rotatable bonds is 10. The van der Waals surface area contributed by atoms with Gasteiger partial charge in [-0.2, -0.15) is 0 Å². The van der Waals surface area contributed by atoms with Crippen molar-refractivity contribution in [3.8, 4) is 0 Å². The molecule has 0 bridgehead atoms. The summed E-state index contributed by atoms with van der Waals surface area (Å²) in [6.45, 7) is 9.43. The molecule has 0 aliphatic rings. The first kappa shape index (κ1) is 15.0. The Morgan fingerprint density at radius 1 is 0.733 bits per heavy atom. The smallest absolute Gasteiger partial charge is 0.0391 e. The van der Waals surface area contributed by atoms with Gasteiger partial charge in [0, 0.05) is 0 Å². The predicted molar refractivity (Wildman–Crippen MR) is 71.2 cm³/mol. The van der Waals surface area contributed by atoms with Gasteiger partial charge < -0.3 is 0 Å². The molecule has 0 radical (unpaired) electrons. The van der Waals surface area contributed by atoms with Gasteiger partial charge in [-0.15, -0.1) is 0 Å². The van der Waals surface area contributed by atoms with Crippen LogP contribution in [-0.4, -0.2) is 0 Å². The molecule has 0 saturated heterocycles. The molecule has 0 aliphatic carbocycles. The van der Waals surface area contributed by atoms with Crippen LogP contribution in [0.15, 0.2) is 0 Å². The van der Waals surface area contributed by atoms with Crippen molar-refractivity contribution in [2.75, 3.05) is 0 Å². The maximum Gasteiger partial charge on any atom is -0.0391 e. The van der Waals surface area contributed by atoms with Crippen LogP contribution in [0.5, 0.6) is 0 Å². The highest BCUT2D eigenvalue weighted by Gasteiger charge is 2.14. The van der Waals surface area contributed by atoms with E-state index in [9.17, 15) is 0 Å².